The number of aliphatic hydroxyl groups is 1. The van der Waals surface area contributed by atoms with Gasteiger partial charge in [0.25, 0.3) is 7.82 Å². The van der Waals surface area contributed by atoms with Crippen LogP contribution in [0.1, 0.15) is 194 Å². The molecule has 308 valence electrons. The van der Waals surface area contributed by atoms with E-state index in [0.717, 1.165) is 38.5 Å². The Kier molecular flexibility index (Phi) is 35.0. The quantitative estimate of drug-likeness (QED) is 0.0280. The average Bonchev–Trinajstić information content (AvgIpc) is 3.09. The molecule has 0 rings (SSSR count). The van der Waals surface area contributed by atoms with E-state index in [1.54, 1.807) is 6.08 Å². The molecule has 2 N–H and O–H groups in total. The predicted octanol–water partition coefficient (Wildman–Crippen LogP) is 11.1. The Morgan fingerprint density at radius 3 is 1.56 bits per heavy atom. The maximum absolute atomic E-state index is 12.6. The van der Waals surface area contributed by atoms with Gasteiger partial charge in [-0.05, 0) is 32.1 Å². The Bertz CT molecular complexity index is 907. The molecule has 0 spiro atoms. The highest BCUT2D eigenvalue weighted by atomic mass is 31.2. The van der Waals surface area contributed by atoms with Gasteiger partial charge in [-0.3, -0.25) is 9.36 Å². The summed E-state index contributed by atoms with van der Waals surface area (Å²) in [7, 11) is 1.24. The molecule has 3 atom stereocenters. The zero-order valence-electron chi connectivity index (χ0n) is 34.8. The normalized spacial score (nSPS) is 14.7. The van der Waals surface area contributed by atoms with Crippen LogP contribution in [0.2, 0.25) is 0 Å². The highest BCUT2D eigenvalue weighted by Gasteiger charge is 2.23. The van der Waals surface area contributed by atoms with Crippen LogP contribution in [0, 0.1) is 0 Å². The molecule has 52 heavy (non-hydrogen) atoms. The molecule has 0 aromatic rings. The number of phosphoric acid groups is 1. The summed E-state index contributed by atoms with van der Waals surface area (Å²) in [5.74, 6) is -0.217. The molecule has 0 aliphatic heterocycles. The lowest BCUT2D eigenvalue weighted by Gasteiger charge is -2.29. The number of phosphoric ester groups is 1. The molecule has 0 fully saturated rings. The van der Waals surface area contributed by atoms with Crippen LogP contribution in [0.4, 0.5) is 0 Å². The number of likely N-dealkylation sites (N-methyl/N-ethyl adjacent to an activating group) is 1. The van der Waals surface area contributed by atoms with Gasteiger partial charge in [-0.15, -0.1) is 0 Å². The third-order valence-electron chi connectivity index (χ3n) is 9.66. The van der Waals surface area contributed by atoms with Crippen molar-refractivity contribution in [2.24, 2.45) is 0 Å². The molecule has 0 aliphatic carbocycles. The van der Waals surface area contributed by atoms with Crippen LogP contribution < -0.4 is 10.2 Å². The van der Waals surface area contributed by atoms with Crippen molar-refractivity contribution in [1.82, 2.24) is 5.32 Å². The van der Waals surface area contributed by atoms with E-state index < -0.39 is 26.6 Å². The van der Waals surface area contributed by atoms with E-state index in [2.05, 4.69) is 31.3 Å². The number of amides is 1. The number of nitrogens with one attached hydrogen (secondary N) is 1. The van der Waals surface area contributed by atoms with Crippen molar-refractivity contribution in [3.63, 3.8) is 0 Å². The number of quaternary nitrogens is 1. The van der Waals surface area contributed by atoms with Crippen molar-refractivity contribution >= 4 is 13.7 Å². The van der Waals surface area contributed by atoms with Crippen molar-refractivity contribution in [2.45, 2.75) is 206 Å². The number of nitrogens with zero attached hydrogens (tertiary/aromatic N) is 1. The number of carbonyl (C=O) groups is 1. The first-order valence-electron chi connectivity index (χ1n) is 21.7. The second-order valence-electron chi connectivity index (χ2n) is 16.0. The van der Waals surface area contributed by atoms with Crippen LogP contribution in [0.25, 0.3) is 0 Å². The molecule has 0 aromatic carbocycles. The van der Waals surface area contributed by atoms with E-state index in [0.29, 0.717) is 17.4 Å². The minimum atomic E-state index is -4.58. The highest BCUT2D eigenvalue weighted by Crippen LogP contribution is 2.38. The van der Waals surface area contributed by atoms with Crippen molar-refractivity contribution in [3.8, 4) is 0 Å². The fourth-order valence-corrected chi connectivity index (χ4v) is 6.89. The zero-order chi connectivity index (χ0) is 38.6. The van der Waals surface area contributed by atoms with E-state index in [1.165, 1.54) is 135 Å². The number of rotatable bonds is 39. The first-order valence-corrected chi connectivity index (χ1v) is 23.2. The number of allylic oxidation sites excluding steroid dienone is 3. The largest absolute Gasteiger partial charge is 0.756 e. The number of unbranched alkanes of at least 4 members (excludes halogenated alkanes) is 24. The highest BCUT2D eigenvalue weighted by molar-refractivity contribution is 7.45. The minimum Gasteiger partial charge on any atom is -0.756 e. The van der Waals surface area contributed by atoms with Gasteiger partial charge in [-0.2, -0.15) is 0 Å². The summed E-state index contributed by atoms with van der Waals surface area (Å²) in [5, 5.41) is 13.6. The Balaban J connectivity index is 4.20. The Morgan fingerprint density at radius 2 is 1.08 bits per heavy atom. The van der Waals surface area contributed by atoms with Crippen LogP contribution in [-0.2, 0) is 18.4 Å². The van der Waals surface area contributed by atoms with Crippen LogP contribution in [-0.4, -0.2) is 68.5 Å². The lowest BCUT2D eigenvalue weighted by Crippen LogP contribution is -2.45. The van der Waals surface area contributed by atoms with Gasteiger partial charge in [0.15, 0.2) is 0 Å². The monoisotopic (exact) mass is 757 g/mol. The summed E-state index contributed by atoms with van der Waals surface area (Å²) in [6.07, 6.45) is 41.3. The molecule has 0 saturated heterocycles. The topological polar surface area (TPSA) is 108 Å². The van der Waals surface area contributed by atoms with Crippen LogP contribution in [0.5, 0.6) is 0 Å². The molecule has 0 aliphatic rings. The Labute approximate surface area is 322 Å². The lowest BCUT2D eigenvalue weighted by atomic mass is 10.0. The lowest BCUT2D eigenvalue weighted by molar-refractivity contribution is -0.870. The van der Waals surface area contributed by atoms with E-state index in [4.69, 9.17) is 9.05 Å². The van der Waals surface area contributed by atoms with Gasteiger partial charge in [0.05, 0.1) is 39.9 Å². The summed E-state index contributed by atoms with van der Waals surface area (Å²) in [6.45, 7) is 4.55. The van der Waals surface area contributed by atoms with Gasteiger partial charge in [0, 0.05) is 6.42 Å². The molecule has 0 bridgehead atoms. The van der Waals surface area contributed by atoms with Gasteiger partial charge in [0.1, 0.15) is 13.2 Å². The van der Waals surface area contributed by atoms with Crippen LogP contribution in [0.3, 0.4) is 0 Å². The molecule has 3 unspecified atom stereocenters. The molecule has 0 heterocycles. The molecule has 0 aromatic heterocycles. The maximum Gasteiger partial charge on any atom is 0.268 e. The smallest absolute Gasteiger partial charge is 0.268 e. The fourth-order valence-electron chi connectivity index (χ4n) is 6.17. The van der Waals surface area contributed by atoms with E-state index >= 15 is 0 Å². The summed E-state index contributed by atoms with van der Waals surface area (Å²) in [6, 6.07) is -0.895. The third kappa shape index (κ3) is 37.3. The third-order valence-corrected chi connectivity index (χ3v) is 10.6. The van der Waals surface area contributed by atoms with Crippen molar-refractivity contribution in [2.75, 3.05) is 40.9 Å². The Hall–Kier alpha value is -1.02. The average molecular weight is 757 g/mol. The van der Waals surface area contributed by atoms with E-state index in [9.17, 15) is 19.4 Å². The second-order valence-corrected chi connectivity index (χ2v) is 17.5. The molecular weight excluding hydrogens is 671 g/mol. The molecule has 0 radical (unpaired) electrons. The van der Waals surface area contributed by atoms with Gasteiger partial charge in [-0.25, -0.2) is 0 Å². The summed E-state index contributed by atoms with van der Waals surface area (Å²) >= 11 is 0. The number of hydrogen-bond donors (Lipinski definition) is 2. The minimum absolute atomic E-state index is 0.00511. The molecule has 1 amide bonds. The van der Waals surface area contributed by atoms with Gasteiger partial charge in [0.2, 0.25) is 5.91 Å². The van der Waals surface area contributed by atoms with E-state index in [1.807, 2.05) is 27.2 Å². The number of aliphatic hydroxyl groups excluding tert-OH is 1. The maximum atomic E-state index is 12.6. The van der Waals surface area contributed by atoms with Crippen LogP contribution >= 0.6 is 7.82 Å². The zero-order valence-corrected chi connectivity index (χ0v) is 35.7. The van der Waals surface area contributed by atoms with Gasteiger partial charge < -0.3 is 28.8 Å². The summed E-state index contributed by atoms with van der Waals surface area (Å²) in [4.78, 5) is 25.0. The fraction of sp³-hybridized carbons (Fsp3) is 0.884. The van der Waals surface area contributed by atoms with Crippen LogP contribution in [0.15, 0.2) is 24.3 Å². The van der Waals surface area contributed by atoms with Crippen molar-refractivity contribution < 1.29 is 32.9 Å². The Morgan fingerprint density at radius 1 is 0.654 bits per heavy atom. The summed E-state index contributed by atoms with van der Waals surface area (Å²) < 4.78 is 23.0. The van der Waals surface area contributed by atoms with Crippen molar-refractivity contribution in [3.05, 3.63) is 24.3 Å². The second kappa shape index (κ2) is 35.7. The molecule has 0 saturated carbocycles. The molecule has 9 heteroatoms. The molecule has 8 nitrogen and oxygen atoms in total. The first-order chi connectivity index (χ1) is 25.0. The van der Waals surface area contributed by atoms with E-state index in [-0.39, 0.29) is 12.5 Å². The summed E-state index contributed by atoms with van der Waals surface area (Å²) in [5.41, 5.74) is 0. The number of hydrogen-bond acceptors (Lipinski definition) is 6. The SMILES string of the molecule is CCCCCCCCCCCCCCCCCCCC/C=C/CC/C=C/C(O)C(COP(=O)([O-])OCC[N+](C)(C)C)NC(=O)CCCCCCCC. The predicted molar refractivity (Wildman–Crippen MR) is 219 cm³/mol. The number of carbonyl (C=O) groups excluding carboxylic acids is 1. The first kappa shape index (κ1) is 51.0. The van der Waals surface area contributed by atoms with Gasteiger partial charge in [-0.1, -0.05) is 179 Å². The molecular formula is C43H85N2O6P. The van der Waals surface area contributed by atoms with Gasteiger partial charge >= 0.3 is 0 Å². The standard InChI is InChI=1S/C43H85N2O6P/c1-6-8-10-12-14-15-16-17-18-19-20-21-22-23-24-25-26-27-28-29-30-31-32-34-36-42(46)41(44-43(47)37-35-33-13-11-9-7-2)40-51-52(48,49)50-39-38-45(3,4)5/h29-30,34,36,41-42,46H,6-28,31-33,35,37-40H2,1-5H3,(H-,44,47,48,49)/b30-29+,36-34+. The van der Waals surface area contributed by atoms with Crippen molar-refractivity contribution in [1.29, 1.82) is 0 Å².